The summed E-state index contributed by atoms with van der Waals surface area (Å²) in [6.07, 6.45) is 0.982. The van der Waals surface area contributed by atoms with Gasteiger partial charge in [0, 0.05) is 25.1 Å². The molecule has 1 atom stereocenters. The quantitative estimate of drug-likeness (QED) is 0.901. The van der Waals surface area contributed by atoms with E-state index in [0.29, 0.717) is 30.5 Å². The van der Waals surface area contributed by atoms with E-state index in [1.807, 2.05) is 31.2 Å². The minimum absolute atomic E-state index is 0.205. The van der Waals surface area contributed by atoms with E-state index in [1.165, 1.54) is 0 Å². The summed E-state index contributed by atoms with van der Waals surface area (Å²) in [5, 5.41) is 11.0. The molecule has 0 spiro atoms. The van der Waals surface area contributed by atoms with Crippen molar-refractivity contribution >= 4 is 5.91 Å². The van der Waals surface area contributed by atoms with Crippen LogP contribution in [0.25, 0.3) is 5.69 Å². The van der Waals surface area contributed by atoms with Crippen molar-refractivity contribution in [3.63, 3.8) is 0 Å². The lowest BCUT2D eigenvalue weighted by Gasteiger charge is -2.09. The first kappa shape index (κ1) is 15.5. The van der Waals surface area contributed by atoms with Gasteiger partial charge in [0.05, 0.1) is 25.1 Å². The standard InChI is InChI=1S/C16H20N4O3/c1-11-15(16(21)17-9-12-6-7-23-10-12)18-19-20(11)13-4-3-5-14(8-13)22-2/h3-5,8,12H,6-7,9-10H2,1-2H3,(H,17,21). The lowest BCUT2D eigenvalue weighted by molar-refractivity contribution is 0.0939. The van der Waals surface area contributed by atoms with Crippen molar-refractivity contribution in [2.45, 2.75) is 13.3 Å². The maximum absolute atomic E-state index is 12.3. The maximum atomic E-state index is 12.3. The van der Waals surface area contributed by atoms with E-state index in [9.17, 15) is 4.79 Å². The van der Waals surface area contributed by atoms with Crippen LogP contribution in [0.3, 0.4) is 0 Å². The number of amides is 1. The van der Waals surface area contributed by atoms with Crippen LogP contribution >= 0.6 is 0 Å². The van der Waals surface area contributed by atoms with E-state index in [4.69, 9.17) is 9.47 Å². The van der Waals surface area contributed by atoms with E-state index >= 15 is 0 Å². The topological polar surface area (TPSA) is 78.3 Å². The first-order chi connectivity index (χ1) is 11.2. The average molecular weight is 316 g/mol. The van der Waals surface area contributed by atoms with Gasteiger partial charge in [-0.1, -0.05) is 11.3 Å². The first-order valence-electron chi connectivity index (χ1n) is 7.61. The van der Waals surface area contributed by atoms with Crippen molar-refractivity contribution in [1.82, 2.24) is 20.3 Å². The molecule has 23 heavy (non-hydrogen) atoms. The molecule has 2 heterocycles. The molecule has 0 bridgehead atoms. The molecule has 1 unspecified atom stereocenters. The van der Waals surface area contributed by atoms with Crippen molar-refractivity contribution in [1.29, 1.82) is 0 Å². The molecule has 1 aliphatic rings. The predicted molar refractivity (Wildman–Crippen MR) is 83.9 cm³/mol. The highest BCUT2D eigenvalue weighted by atomic mass is 16.5. The lowest BCUT2D eigenvalue weighted by atomic mass is 10.1. The van der Waals surface area contributed by atoms with Crippen LogP contribution in [0.2, 0.25) is 0 Å². The highest BCUT2D eigenvalue weighted by Crippen LogP contribution is 2.18. The third-order valence-electron chi connectivity index (χ3n) is 3.98. The van der Waals surface area contributed by atoms with E-state index in [-0.39, 0.29) is 5.91 Å². The minimum Gasteiger partial charge on any atom is -0.497 e. The van der Waals surface area contributed by atoms with Crippen LogP contribution in [0.4, 0.5) is 0 Å². The fourth-order valence-electron chi connectivity index (χ4n) is 2.59. The molecule has 7 nitrogen and oxygen atoms in total. The van der Waals surface area contributed by atoms with Crippen molar-refractivity contribution < 1.29 is 14.3 Å². The third kappa shape index (κ3) is 3.34. The van der Waals surface area contributed by atoms with Gasteiger partial charge in [0.1, 0.15) is 5.75 Å². The number of benzene rings is 1. The number of nitrogens with one attached hydrogen (secondary N) is 1. The van der Waals surface area contributed by atoms with Gasteiger partial charge in [-0.3, -0.25) is 4.79 Å². The summed E-state index contributed by atoms with van der Waals surface area (Å²) in [6.45, 7) is 3.90. The molecule has 0 radical (unpaired) electrons. The second-order valence-corrected chi connectivity index (χ2v) is 5.58. The highest BCUT2D eigenvalue weighted by molar-refractivity contribution is 5.93. The molecule has 1 aliphatic heterocycles. The Morgan fingerprint density at radius 1 is 1.52 bits per heavy atom. The third-order valence-corrected chi connectivity index (χ3v) is 3.98. The Labute approximate surface area is 134 Å². The molecule has 122 valence electrons. The van der Waals surface area contributed by atoms with Gasteiger partial charge in [-0.25, -0.2) is 4.68 Å². The summed E-state index contributed by atoms with van der Waals surface area (Å²) in [5.41, 5.74) is 1.84. The molecule has 1 aromatic carbocycles. The molecular formula is C16H20N4O3. The molecule has 1 N–H and O–H groups in total. The molecule has 1 saturated heterocycles. The Morgan fingerprint density at radius 2 is 2.39 bits per heavy atom. The lowest BCUT2D eigenvalue weighted by Crippen LogP contribution is -2.30. The normalized spacial score (nSPS) is 17.2. The SMILES string of the molecule is COc1cccc(-n2nnc(C(=O)NCC3CCOC3)c2C)c1. The number of nitrogens with zero attached hydrogens (tertiary/aromatic N) is 3. The van der Waals surface area contributed by atoms with Crippen LogP contribution in [0.5, 0.6) is 5.75 Å². The summed E-state index contributed by atoms with van der Waals surface area (Å²) in [7, 11) is 1.61. The van der Waals surface area contributed by atoms with Crippen LogP contribution < -0.4 is 10.1 Å². The molecule has 1 aromatic heterocycles. The molecule has 0 aliphatic carbocycles. The van der Waals surface area contributed by atoms with Crippen molar-refractivity contribution in [2.24, 2.45) is 5.92 Å². The Kier molecular flexibility index (Phi) is 4.57. The van der Waals surface area contributed by atoms with E-state index in [0.717, 1.165) is 24.5 Å². The number of methoxy groups -OCH3 is 1. The van der Waals surface area contributed by atoms with E-state index < -0.39 is 0 Å². The van der Waals surface area contributed by atoms with Gasteiger partial charge >= 0.3 is 0 Å². The largest absolute Gasteiger partial charge is 0.497 e. The molecule has 3 rings (SSSR count). The number of carbonyl (C=O) groups excluding carboxylic acids is 1. The number of carbonyl (C=O) groups is 1. The monoisotopic (exact) mass is 316 g/mol. The summed E-state index contributed by atoms with van der Waals surface area (Å²) >= 11 is 0. The fraction of sp³-hybridized carbons (Fsp3) is 0.438. The summed E-state index contributed by atoms with van der Waals surface area (Å²) in [5.74, 6) is 0.904. The molecule has 1 fully saturated rings. The number of hydrogen-bond acceptors (Lipinski definition) is 5. The Morgan fingerprint density at radius 3 is 3.13 bits per heavy atom. The van der Waals surface area contributed by atoms with Gasteiger partial charge in [-0.2, -0.15) is 0 Å². The second-order valence-electron chi connectivity index (χ2n) is 5.58. The minimum atomic E-state index is -0.205. The van der Waals surface area contributed by atoms with Crippen LogP contribution in [-0.4, -0.2) is 47.8 Å². The van der Waals surface area contributed by atoms with Gasteiger partial charge in [0.2, 0.25) is 0 Å². The average Bonchev–Trinajstić information content (AvgIpc) is 3.22. The number of hydrogen-bond donors (Lipinski definition) is 1. The number of ether oxygens (including phenoxy) is 2. The van der Waals surface area contributed by atoms with Gasteiger partial charge in [-0.05, 0) is 25.5 Å². The zero-order chi connectivity index (χ0) is 16.2. The van der Waals surface area contributed by atoms with Gasteiger partial charge in [0.15, 0.2) is 5.69 Å². The Hall–Kier alpha value is -2.41. The van der Waals surface area contributed by atoms with Crippen LogP contribution in [0.15, 0.2) is 24.3 Å². The summed E-state index contributed by atoms with van der Waals surface area (Å²) in [4.78, 5) is 12.3. The smallest absolute Gasteiger partial charge is 0.273 e. The summed E-state index contributed by atoms with van der Waals surface area (Å²) < 4.78 is 12.2. The van der Waals surface area contributed by atoms with E-state index in [2.05, 4.69) is 15.6 Å². The Bertz CT molecular complexity index is 692. The van der Waals surface area contributed by atoms with Crippen molar-refractivity contribution in [2.75, 3.05) is 26.9 Å². The van der Waals surface area contributed by atoms with Gasteiger partial charge in [0.25, 0.3) is 5.91 Å². The second kappa shape index (κ2) is 6.78. The molecule has 0 saturated carbocycles. The summed E-state index contributed by atoms with van der Waals surface area (Å²) in [6, 6.07) is 7.46. The number of aromatic nitrogens is 3. The zero-order valence-corrected chi connectivity index (χ0v) is 13.3. The zero-order valence-electron chi connectivity index (χ0n) is 13.3. The fourth-order valence-corrected chi connectivity index (χ4v) is 2.59. The van der Waals surface area contributed by atoms with Crippen molar-refractivity contribution in [3.8, 4) is 11.4 Å². The number of rotatable bonds is 5. The molecule has 2 aromatic rings. The van der Waals surface area contributed by atoms with Crippen molar-refractivity contribution in [3.05, 3.63) is 35.7 Å². The Balaban J connectivity index is 1.74. The molecule has 1 amide bonds. The highest BCUT2D eigenvalue weighted by Gasteiger charge is 2.20. The maximum Gasteiger partial charge on any atom is 0.273 e. The molecular weight excluding hydrogens is 296 g/mol. The first-order valence-corrected chi connectivity index (χ1v) is 7.61. The van der Waals surface area contributed by atoms with Gasteiger partial charge in [-0.15, -0.1) is 5.10 Å². The van der Waals surface area contributed by atoms with Gasteiger partial charge < -0.3 is 14.8 Å². The predicted octanol–water partition coefficient (Wildman–Crippen LogP) is 1.35. The van der Waals surface area contributed by atoms with Crippen LogP contribution in [-0.2, 0) is 4.74 Å². The molecule has 7 heteroatoms. The van der Waals surface area contributed by atoms with Crippen LogP contribution in [0, 0.1) is 12.8 Å². The van der Waals surface area contributed by atoms with Crippen LogP contribution in [0.1, 0.15) is 22.6 Å². The van der Waals surface area contributed by atoms with E-state index in [1.54, 1.807) is 11.8 Å².